The number of rotatable bonds is 5. The van der Waals surface area contributed by atoms with Crippen LogP contribution in [0.4, 0.5) is 0 Å². The van der Waals surface area contributed by atoms with Gasteiger partial charge in [-0.3, -0.25) is 0 Å². The summed E-state index contributed by atoms with van der Waals surface area (Å²) in [7, 11) is 0. The smallest absolute Gasteiger partial charge is 0.103 e. The van der Waals surface area contributed by atoms with E-state index in [1.54, 1.807) is 0 Å². The summed E-state index contributed by atoms with van der Waals surface area (Å²) in [5.74, 6) is 0. The second kappa shape index (κ2) is 6.13. The highest BCUT2D eigenvalue weighted by molar-refractivity contribution is 7.99. The van der Waals surface area contributed by atoms with Crippen LogP contribution in [0.3, 0.4) is 0 Å². The fourth-order valence-electron chi connectivity index (χ4n) is 1.40. The van der Waals surface area contributed by atoms with Crippen LogP contribution in [0.25, 0.3) is 0 Å². The number of hydrogen-bond donors (Lipinski definition) is 1. The normalized spacial score (nSPS) is 12.4. The quantitative estimate of drug-likeness (QED) is 0.628. The summed E-state index contributed by atoms with van der Waals surface area (Å²) in [5.41, 5.74) is 6.48. The van der Waals surface area contributed by atoms with Gasteiger partial charge in [-0.25, -0.2) is 0 Å². The maximum Gasteiger partial charge on any atom is 0.103 e. The Morgan fingerprint density at radius 3 is 2.47 bits per heavy atom. The molecule has 0 bridgehead atoms. The Morgan fingerprint density at radius 1 is 1.40 bits per heavy atom. The van der Waals surface area contributed by atoms with E-state index in [1.807, 2.05) is 23.9 Å². The third-order valence-corrected chi connectivity index (χ3v) is 3.59. The predicted octanol–water partition coefficient (Wildman–Crippen LogP) is 3.60. The van der Waals surface area contributed by atoms with E-state index in [9.17, 15) is 0 Å². The molecule has 1 atom stereocenters. The summed E-state index contributed by atoms with van der Waals surface area (Å²) in [6, 6.07) is 8.16. The molecule has 0 heterocycles. The second-order valence-electron chi connectivity index (χ2n) is 3.61. The van der Waals surface area contributed by atoms with E-state index in [0.717, 1.165) is 5.56 Å². The van der Waals surface area contributed by atoms with Crippen molar-refractivity contribution in [1.82, 2.24) is 0 Å². The fraction of sp³-hybridized carbons (Fsp3) is 0.417. The molecule has 0 aliphatic carbocycles. The molecule has 82 valence electrons. The first-order valence-electron chi connectivity index (χ1n) is 5.20. The van der Waals surface area contributed by atoms with Gasteiger partial charge in [-0.05, 0) is 18.6 Å². The van der Waals surface area contributed by atoms with E-state index in [4.69, 9.17) is 18.0 Å². The van der Waals surface area contributed by atoms with E-state index in [-0.39, 0.29) is 0 Å². The van der Waals surface area contributed by atoms with Gasteiger partial charge >= 0.3 is 0 Å². The third-order valence-electron chi connectivity index (χ3n) is 2.17. The monoisotopic (exact) mass is 239 g/mol. The van der Waals surface area contributed by atoms with E-state index in [0.29, 0.717) is 10.2 Å². The minimum Gasteiger partial charge on any atom is -0.389 e. The highest BCUT2D eigenvalue weighted by atomic mass is 32.2. The minimum absolute atomic E-state index is 0.466. The van der Waals surface area contributed by atoms with Gasteiger partial charge < -0.3 is 5.73 Å². The molecule has 2 N–H and O–H groups in total. The van der Waals surface area contributed by atoms with Crippen molar-refractivity contribution in [3.8, 4) is 0 Å². The Balaban J connectivity index is 2.60. The van der Waals surface area contributed by atoms with Gasteiger partial charge in [0.1, 0.15) is 4.99 Å². The Bertz CT molecular complexity index is 319. The SMILES string of the molecule is CCCC(C)Sc1ccc(C(N)=S)cc1. The lowest BCUT2D eigenvalue weighted by Crippen LogP contribution is -2.08. The highest BCUT2D eigenvalue weighted by Crippen LogP contribution is 2.25. The fourth-order valence-corrected chi connectivity index (χ4v) is 2.64. The Hall–Kier alpha value is -0.540. The van der Waals surface area contributed by atoms with Crippen molar-refractivity contribution < 1.29 is 0 Å². The van der Waals surface area contributed by atoms with Crippen LogP contribution < -0.4 is 5.73 Å². The molecule has 15 heavy (non-hydrogen) atoms. The average molecular weight is 239 g/mol. The average Bonchev–Trinajstić information content (AvgIpc) is 2.18. The lowest BCUT2D eigenvalue weighted by molar-refractivity contribution is 0.787. The Morgan fingerprint density at radius 2 is 2.00 bits per heavy atom. The largest absolute Gasteiger partial charge is 0.389 e. The molecule has 1 rings (SSSR count). The molecule has 0 amide bonds. The maximum absolute atomic E-state index is 5.54. The third kappa shape index (κ3) is 4.22. The lowest BCUT2D eigenvalue weighted by atomic mass is 10.2. The minimum atomic E-state index is 0.466. The summed E-state index contributed by atoms with van der Waals surface area (Å²) in [5, 5.41) is 0.672. The van der Waals surface area contributed by atoms with Crippen LogP contribution in [0.1, 0.15) is 32.3 Å². The van der Waals surface area contributed by atoms with Crippen LogP contribution in [-0.2, 0) is 0 Å². The summed E-state index contributed by atoms with van der Waals surface area (Å²) >= 11 is 6.81. The molecule has 0 aromatic heterocycles. The number of nitrogens with two attached hydrogens (primary N) is 1. The Kier molecular flexibility index (Phi) is 5.12. The van der Waals surface area contributed by atoms with Gasteiger partial charge in [0, 0.05) is 15.7 Å². The zero-order valence-electron chi connectivity index (χ0n) is 9.19. The van der Waals surface area contributed by atoms with Crippen molar-refractivity contribution in [2.45, 2.75) is 36.8 Å². The van der Waals surface area contributed by atoms with Crippen LogP contribution >= 0.6 is 24.0 Å². The molecule has 0 fully saturated rings. The van der Waals surface area contributed by atoms with Gasteiger partial charge in [-0.2, -0.15) is 0 Å². The number of thiocarbonyl (C=S) groups is 1. The molecule has 1 aromatic carbocycles. The van der Waals surface area contributed by atoms with Crippen molar-refractivity contribution in [1.29, 1.82) is 0 Å². The second-order valence-corrected chi connectivity index (χ2v) is 5.56. The first-order valence-corrected chi connectivity index (χ1v) is 6.48. The van der Waals surface area contributed by atoms with Crippen molar-refractivity contribution >= 4 is 29.0 Å². The molecule has 0 saturated carbocycles. The lowest BCUT2D eigenvalue weighted by Gasteiger charge is -2.09. The van der Waals surface area contributed by atoms with Gasteiger partial charge in [-0.15, -0.1) is 11.8 Å². The number of benzene rings is 1. The van der Waals surface area contributed by atoms with Crippen molar-refractivity contribution in [3.63, 3.8) is 0 Å². The van der Waals surface area contributed by atoms with E-state index >= 15 is 0 Å². The van der Waals surface area contributed by atoms with Crippen molar-refractivity contribution in [2.75, 3.05) is 0 Å². The molecular weight excluding hydrogens is 222 g/mol. The van der Waals surface area contributed by atoms with Crippen LogP contribution in [0, 0.1) is 0 Å². The van der Waals surface area contributed by atoms with Gasteiger partial charge in [0.15, 0.2) is 0 Å². The summed E-state index contributed by atoms with van der Waals surface area (Å²) in [6.45, 7) is 4.47. The van der Waals surface area contributed by atoms with Gasteiger partial charge in [0.05, 0.1) is 0 Å². The van der Waals surface area contributed by atoms with Gasteiger partial charge in [0.2, 0.25) is 0 Å². The molecule has 0 radical (unpaired) electrons. The van der Waals surface area contributed by atoms with Gasteiger partial charge in [0.25, 0.3) is 0 Å². The highest BCUT2D eigenvalue weighted by Gasteiger charge is 2.03. The van der Waals surface area contributed by atoms with Crippen LogP contribution in [0.5, 0.6) is 0 Å². The summed E-state index contributed by atoms with van der Waals surface area (Å²) < 4.78 is 0. The van der Waals surface area contributed by atoms with E-state index < -0.39 is 0 Å². The van der Waals surface area contributed by atoms with Crippen LogP contribution in [0.2, 0.25) is 0 Å². The van der Waals surface area contributed by atoms with E-state index in [1.165, 1.54) is 17.7 Å². The topological polar surface area (TPSA) is 26.0 Å². The molecule has 1 aromatic rings. The predicted molar refractivity (Wildman–Crippen MR) is 72.6 cm³/mol. The van der Waals surface area contributed by atoms with Crippen molar-refractivity contribution in [3.05, 3.63) is 29.8 Å². The first-order chi connectivity index (χ1) is 7.13. The molecule has 1 unspecified atom stereocenters. The molecular formula is C12H17NS2. The zero-order chi connectivity index (χ0) is 11.3. The molecule has 0 spiro atoms. The zero-order valence-corrected chi connectivity index (χ0v) is 10.8. The van der Waals surface area contributed by atoms with Gasteiger partial charge in [-0.1, -0.05) is 44.6 Å². The molecule has 1 nitrogen and oxygen atoms in total. The maximum atomic E-state index is 5.54. The van der Waals surface area contributed by atoms with Crippen molar-refractivity contribution in [2.24, 2.45) is 5.73 Å². The molecule has 0 saturated heterocycles. The van der Waals surface area contributed by atoms with E-state index in [2.05, 4.69) is 26.0 Å². The summed E-state index contributed by atoms with van der Waals surface area (Å²) in [4.78, 5) is 1.75. The number of thioether (sulfide) groups is 1. The molecule has 0 aliphatic heterocycles. The van der Waals surface area contributed by atoms with Crippen LogP contribution in [0.15, 0.2) is 29.2 Å². The standard InChI is InChI=1S/C12H17NS2/c1-3-4-9(2)15-11-7-5-10(6-8-11)12(13)14/h5-9H,3-4H2,1-2H3,(H2,13,14). The number of hydrogen-bond acceptors (Lipinski definition) is 2. The first kappa shape index (κ1) is 12.5. The van der Waals surface area contributed by atoms with Crippen LogP contribution in [-0.4, -0.2) is 10.2 Å². The Labute approximate surface area is 101 Å². The molecule has 0 aliphatic rings. The molecule has 3 heteroatoms. The summed E-state index contributed by atoms with van der Waals surface area (Å²) in [6.07, 6.45) is 2.49.